The Kier molecular flexibility index (Phi) is 1.53. The second-order valence-corrected chi connectivity index (χ2v) is 3.26. The standard InChI is InChI=1S/C4H5NOS2/c1-2-3(6)8-4(7)5-2/h2H,1H3,(H,5,7). The first-order chi connectivity index (χ1) is 3.70. The van der Waals surface area contributed by atoms with E-state index in [9.17, 15) is 4.79 Å². The minimum Gasteiger partial charge on any atom is -0.360 e. The summed E-state index contributed by atoms with van der Waals surface area (Å²) in [5, 5.41) is 2.93. The normalized spacial score (nSPS) is 28.4. The molecule has 1 unspecified atom stereocenters. The van der Waals surface area contributed by atoms with Crippen LogP contribution in [0.15, 0.2) is 0 Å². The molecule has 0 aromatic heterocycles. The van der Waals surface area contributed by atoms with Gasteiger partial charge in [-0.05, 0) is 18.7 Å². The zero-order valence-electron chi connectivity index (χ0n) is 4.30. The lowest BCUT2D eigenvalue weighted by Crippen LogP contribution is -2.24. The van der Waals surface area contributed by atoms with Crippen molar-refractivity contribution in [3.63, 3.8) is 0 Å². The molecule has 1 atom stereocenters. The summed E-state index contributed by atoms with van der Waals surface area (Å²) in [6.45, 7) is 1.80. The number of rotatable bonds is 0. The number of carbonyl (C=O) groups excluding carboxylic acids is 1. The molecule has 0 aromatic rings. The van der Waals surface area contributed by atoms with E-state index < -0.39 is 0 Å². The lowest BCUT2D eigenvalue weighted by Gasteiger charge is -1.94. The molecule has 0 saturated carbocycles. The summed E-state index contributed by atoms with van der Waals surface area (Å²) in [5.41, 5.74) is 0. The second-order valence-electron chi connectivity index (χ2n) is 1.57. The van der Waals surface area contributed by atoms with Crippen molar-refractivity contribution in [2.75, 3.05) is 0 Å². The zero-order chi connectivity index (χ0) is 6.15. The fourth-order valence-corrected chi connectivity index (χ4v) is 1.52. The zero-order valence-corrected chi connectivity index (χ0v) is 5.94. The summed E-state index contributed by atoms with van der Waals surface area (Å²) in [4.78, 5) is 10.6. The van der Waals surface area contributed by atoms with Crippen LogP contribution in [0, 0.1) is 0 Å². The van der Waals surface area contributed by atoms with Crippen molar-refractivity contribution in [3.8, 4) is 0 Å². The molecular formula is C4H5NOS2. The lowest BCUT2D eigenvalue weighted by molar-refractivity contribution is -0.111. The van der Waals surface area contributed by atoms with Gasteiger partial charge in [0.1, 0.15) is 4.32 Å². The fraction of sp³-hybridized carbons (Fsp3) is 0.500. The quantitative estimate of drug-likeness (QED) is 0.506. The van der Waals surface area contributed by atoms with Crippen LogP contribution < -0.4 is 5.32 Å². The lowest BCUT2D eigenvalue weighted by atomic mass is 10.4. The van der Waals surface area contributed by atoms with Gasteiger partial charge in [0.15, 0.2) is 0 Å². The number of hydrogen-bond acceptors (Lipinski definition) is 3. The molecule has 2 nitrogen and oxygen atoms in total. The Bertz CT molecular complexity index is 145. The van der Waals surface area contributed by atoms with E-state index in [1.807, 2.05) is 0 Å². The van der Waals surface area contributed by atoms with Gasteiger partial charge in [-0.3, -0.25) is 4.79 Å². The molecule has 0 bridgehead atoms. The highest BCUT2D eigenvalue weighted by Crippen LogP contribution is 2.14. The summed E-state index contributed by atoms with van der Waals surface area (Å²) in [6.07, 6.45) is 0. The minimum atomic E-state index is -0.0764. The molecule has 1 heterocycles. The summed E-state index contributed by atoms with van der Waals surface area (Å²) in [7, 11) is 0. The molecule has 4 heteroatoms. The number of hydrogen-bond donors (Lipinski definition) is 1. The maximum Gasteiger partial charge on any atom is 0.217 e. The molecule has 1 fully saturated rings. The van der Waals surface area contributed by atoms with Gasteiger partial charge in [-0.1, -0.05) is 12.2 Å². The molecule has 0 amide bonds. The van der Waals surface area contributed by atoms with Crippen LogP contribution in [-0.2, 0) is 4.79 Å². The molecule has 0 radical (unpaired) electrons. The third-order valence-electron chi connectivity index (χ3n) is 0.881. The summed E-state index contributed by atoms with van der Waals surface area (Å²) >= 11 is 5.81. The Hall–Kier alpha value is -0.0900. The van der Waals surface area contributed by atoms with Crippen LogP contribution in [0.5, 0.6) is 0 Å². The van der Waals surface area contributed by atoms with Gasteiger partial charge in [0.25, 0.3) is 0 Å². The molecular weight excluding hydrogens is 142 g/mol. The van der Waals surface area contributed by atoms with Gasteiger partial charge in [0.2, 0.25) is 5.12 Å². The summed E-state index contributed by atoms with van der Waals surface area (Å²) < 4.78 is 0.600. The van der Waals surface area contributed by atoms with Gasteiger partial charge >= 0.3 is 0 Å². The Labute approximate surface area is 57.0 Å². The third kappa shape index (κ3) is 1.00. The summed E-state index contributed by atoms with van der Waals surface area (Å²) in [5.74, 6) is 0. The van der Waals surface area contributed by atoms with Gasteiger partial charge in [-0.15, -0.1) is 0 Å². The Morgan fingerprint density at radius 1 is 1.88 bits per heavy atom. The van der Waals surface area contributed by atoms with E-state index in [0.29, 0.717) is 4.32 Å². The Morgan fingerprint density at radius 3 is 2.62 bits per heavy atom. The first kappa shape index (κ1) is 6.04. The van der Waals surface area contributed by atoms with Crippen molar-refractivity contribution in [2.45, 2.75) is 13.0 Å². The molecule has 0 spiro atoms. The average Bonchev–Trinajstić information content (AvgIpc) is 1.85. The van der Waals surface area contributed by atoms with Crippen LogP contribution >= 0.6 is 24.0 Å². The molecule has 1 aliphatic heterocycles. The molecule has 1 saturated heterocycles. The van der Waals surface area contributed by atoms with E-state index in [-0.39, 0.29) is 11.2 Å². The molecule has 8 heavy (non-hydrogen) atoms. The van der Waals surface area contributed by atoms with Crippen molar-refractivity contribution in [3.05, 3.63) is 0 Å². The highest BCUT2D eigenvalue weighted by atomic mass is 32.2. The van der Waals surface area contributed by atoms with E-state index in [4.69, 9.17) is 12.2 Å². The number of nitrogens with one attached hydrogen (secondary N) is 1. The van der Waals surface area contributed by atoms with Crippen molar-refractivity contribution >= 4 is 33.4 Å². The Morgan fingerprint density at radius 2 is 2.50 bits per heavy atom. The predicted molar refractivity (Wildman–Crippen MR) is 37.8 cm³/mol. The number of carbonyl (C=O) groups is 1. The third-order valence-corrected chi connectivity index (χ3v) is 2.11. The second kappa shape index (κ2) is 2.03. The molecule has 1 rings (SSSR count). The van der Waals surface area contributed by atoms with Gasteiger partial charge < -0.3 is 5.32 Å². The fourth-order valence-electron chi connectivity index (χ4n) is 0.445. The molecule has 44 valence electrons. The van der Waals surface area contributed by atoms with Crippen molar-refractivity contribution in [1.82, 2.24) is 5.32 Å². The minimum absolute atomic E-state index is 0.0764. The molecule has 0 aliphatic carbocycles. The van der Waals surface area contributed by atoms with Crippen LogP contribution in [0.25, 0.3) is 0 Å². The summed E-state index contributed by atoms with van der Waals surface area (Å²) in [6, 6.07) is -0.0764. The van der Waals surface area contributed by atoms with Gasteiger partial charge in [0.05, 0.1) is 6.04 Å². The van der Waals surface area contributed by atoms with Crippen LogP contribution in [0.4, 0.5) is 0 Å². The van der Waals surface area contributed by atoms with Crippen LogP contribution in [0.1, 0.15) is 6.92 Å². The topological polar surface area (TPSA) is 29.1 Å². The van der Waals surface area contributed by atoms with E-state index in [1.165, 1.54) is 0 Å². The van der Waals surface area contributed by atoms with E-state index in [0.717, 1.165) is 11.8 Å². The van der Waals surface area contributed by atoms with E-state index in [1.54, 1.807) is 6.92 Å². The van der Waals surface area contributed by atoms with Gasteiger partial charge in [-0.25, -0.2) is 0 Å². The first-order valence-electron chi connectivity index (χ1n) is 2.22. The monoisotopic (exact) mass is 147 g/mol. The van der Waals surface area contributed by atoms with Gasteiger partial charge in [0, 0.05) is 0 Å². The maximum absolute atomic E-state index is 10.6. The van der Waals surface area contributed by atoms with Crippen molar-refractivity contribution in [2.24, 2.45) is 0 Å². The molecule has 1 N–H and O–H groups in total. The maximum atomic E-state index is 10.6. The SMILES string of the molecule is CC1NC(=S)SC1=O. The van der Waals surface area contributed by atoms with Gasteiger partial charge in [-0.2, -0.15) is 0 Å². The first-order valence-corrected chi connectivity index (χ1v) is 3.45. The number of thioether (sulfide) groups is 1. The largest absolute Gasteiger partial charge is 0.360 e. The molecule has 1 aliphatic rings. The molecule has 0 aromatic carbocycles. The van der Waals surface area contributed by atoms with Crippen molar-refractivity contribution in [1.29, 1.82) is 0 Å². The predicted octanol–water partition coefficient (Wildman–Crippen LogP) is 0.523. The van der Waals surface area contributed by atoms with E-state index in [2.05, 4.69) is 5.32 Å². The highest BCUT2D eigenvalue weighted by molar-refractivity contribution is 8.33. The smallest absolute Gasteiger partial charge is 0.217 e. The van der Waals surface area contributed by atoms with Crippen LogP contribution in [0.3, 0.4) is 0 Å². The van der Waals surface area contributed by atoms with Crippen LogP contribution in [-0.4, -0.2) is 15.5 Å². The average molecular weight is 147 g/mol. The van der Waals surface area contributed by atoms with E-state index >= 15 is 0 Å². The highest BCUT2D eigenvalue weighted by Gasteiger charge is 2.23. The number of thiocarbonyl (C=S) groups is 1. The van der Waals surface area contributed by atoms with Crippen molar-refractivity contribution < 1.29 is 4.79 Å². The van der Waals surface area contributed by atoms with Crippen LogP contribution in [0.2, 0.25) is 0 Å². The Balaban J connectivity index is 2.64.